The smallest absolute Gasteiger partial charge is 0.259 e. The van der Waals surface area contributed by atoms with Gasteiger partial charge < -0.3 is 4.90 Å². The first-order valence-electron chi connectivity index (χ1n) is 9.45. The van der Waals surface area contributed by atoms with E-state index in [1.165, 1.54) is 12.8 Å². The van der Waals surface area contributed by atoms with Gasteiger partial charge in [-0.2, -0.15) is 11.3 Å². The van der Waals surface area contributed by atoms with Gasteiger partial charge >= 0.3 is 0 Å². The third-order valence-corrected chi connectivity index (χ3v) is 6.71. The predicted octanol–water partition coefficient (Wildman–Crippen LogP) is 4.83. The average molecular weight is 367 g/mol. The molecule has 3 nitrogen and oxygen atoms in total. The molecule has 1 aliphatic carbocycles. The highest BCUT2D eigenvalue weighted by Gasteiger charge is 2.49. The molecule has 136 valence electrons. The molecule has 4 rings (SSSR count). The quantitative estimate of drug-likeness (QED) is 0.708. The van der Waals surface area contributed by atoms with E-state index in [2.05, 4.69) is 23.6 Å². The van der Waals surface area contributed by atoms with Gasteiger partial charge in [-0.3, -0.25) is 9.69 Å². The van der Waals surface area contributed by atoms with Gasteiger partial charge in [0.15, 0.2) is 0 Å². The molecule has 1 aromatic carbocycles. The highest BCUT2D eigenvalue weighted by Crippen LogP contribution is 2.51. The maximum Gasteiger partial charge on any atom is 0.259 e. The van der Waals surface area contributed by atoms with Crippen molar-refractivity contribution in [3.05, 3.63) is 65.4 Å². The highest BCUT2D eigenvalue weighted by atomic mass is 32.1. The van der Waals surface area contributed by atoms with Crippen LogP contribution in [0.2, 0.25) is 0 Å². The van der Waals surface area contributed by atoms with Gasteiger partial charge in [0.05, 0.1) is 5.56 Å². The number of anilines is 1. The number of piperidine rings is 1. The van der Waals surface area contributed by atoms with Crippen LogP contribution in [0, 0.1) is 5.41 Å². The molecule has 1 saturated heterocycles. The Morgan fingerprint density at radius 2 is 1.96 bits per heavy atom. The Morgan fingerprint density at radius 3 is 2.58 bits per heavy atom. The summed E-state index contributed by atoms with van der Waals surface area (Å²) in [4.78, 5) is 17.7. The van der Waals surface area contributed by atoms with E-state index in [1.807, 2.05) is 46.0 Å². The van der Waals surface area contributed by atoms with Gasteiger partial charge in [0, 0.05) is 23.7 Å². The van der Waals surface area contributed by atoms with Crippen molar-refractivity contribution in [2.24, 2.45) is 5.41 Å². The minimum absolute atomic E-state index is 0.140. The Hall–Kier alpha value is -1.91. The van der Waals surface area contributed by atoms with Gasteiger partial charge in [0.1, 0.15) is 0 Å². The lowest BCUT2D eigenvalue weighted by molar-refractivity contribution is 0.0188. The van der Waals surface area contributed by atoms with Crippen molar-refractivity contribution in [2.45, 2.75) is 31.7 Å². The zero-order chi connectivity index (χ0) is 18.0. The lowest BCUT2D eigenvalue weighted by Crippen LogP contribution is -2.56. The Kier molecular flexibility index (Phi) is 4.96. The molecule has 0 bridgehead atoms. The number of nitrogens with zero attached hydrogens (tertiary/aromatic N) is 2. The molecule has 2 aliphatic rings. The number of hydrogen-bond acceptors (Lipinski definition) is 3. The fourth-order valence-corrected chi connectivity index (χ4v) is 5.16. The maximum absolute atomic E-state index is 13.2. The van der Waals surface area contributed by atoms with E-state index >= 15 is 0 Å². The molecule has 26 heavy (non-hydrogen) atoms. The molecule has 1 spiro atoms. The Labute approximate surface area is 159 Å². The first kappa shape index (κ1) is 17.5. The summed E-state index contributed by atoms with van der Waals surface area (Å²) in [5.74, 6) is 0.140. The van der Waals surface area contributed by atoms with Crippen LogP contribution in [0.25, 0.3) is 0 Å². The molecule has 4 heteroatoms. The van der Waals surface area contributed by atoms with Crippen LogP contribution in [0.15, 0.2) is 59.8 Å². The molecule has 1 aliphatic heterocycles. The van der Waals surface area contributed by atoms with Crippen LogP contribution in [0.3, 0.4) is 0 Å². The summed E-state index contributed by atoms with van der Waals surface area (Å²) in [6, 6.07) is 12.4. The minimum Gasteiger partial charge on any atom is -0.305 e. The van der Waals surface area contributed by atoms with Crippen LogP contribution in [0.5, 0.6) is 0 Å². The maximum atomic E-state index is 13.2. The lowest BCUT2D eigenvalue weighted by atomic mass is 9.60. The monoisotopic (exact) mass is 366 g/mol. The topological polar surface area (TPSA) is 23.6 Å². The predicted molar refractivity (Wildman–Crippen MR) is 109 cm³/mol. The third-order valence-electron chi connectivity index (χ3n) is 6.03. The molecule has 1 aromatic heterocycles. The highest BCUT2D eigenvalue weighted by molar-refractivity contribution is 7.08. The number of thiophene rings is 1. The van der Waals surface area contributed by atoms with E-state index in [9.17, 15) is 4.79 Å². The van der Waals surface area contributed by atoms with Crippen LogP contribution in [0.4, 0.5) is 5.69 Å². The van der Waals surface area contributed by atoms with Crippen molar-refractivity contribution in [1.82, 2.24) is 4.90 Å². The van der Waals surface area contributed by atoms with E-state index in [4.69, 9.17) is 0 Å². The summed E-state index contributed by atoms with van der Waals surface area (Å²) in [7, 11) is 0. The second-order valence-corrected chi connectivity index (χ2v) is 8.45. The molecule has 2 heterocycles. The zero-order valence-electron chi connectivity index (χ0n) is 15.1. The van der Waals surface area contributed by atoms with Crippen LogP contribution in [-0.2, 0) is 0 Å². The van der Waals surface area contributed by atoms with Crippen molar-refractivity contribution < 1.29 is 4.79 Å². The molecule has 2 fully saturated rings. The second kappa shape index (κ2) is 7.37. The summed E-state index contributed by atoms with van der Waals surface area (Å²) < 4.78 is 0. The fraction of sp³-hybridized carbons (Fsp3) is 0.409. The standard InChI is InChI=1S/C22H26N2OS/c1-2-11-23-12-9-22(10-13-23)15-20(16-22)24(19-6-4-3-5-7-19)21(25)18-8-14-26-17-18/h2-8,14,17,20H,1,9-13,15-16H2. The van der Waals surface area contributed by atoms with Crippen LogP contribution >= 0.6 is 11.3 Å². The summed E-state index contributed by atoms with van der Waals surface area (Å²) in [6.07, 6.45) is 6.73. The normalized spacial score (nSPS) is 19.8. The Morgan fingerprint density at radius 1 is 1.23 bits per heavy atom. The first-order chi connectivity index (χ1) is 12.7. The summed E-state index contributed by atoms with van der Waals surface area (Å²) in [5, 5.41) is 3.94. The molecule has 1 amide bonds. The Balaban J connectivity index is 1.49. The number of carbonyl (C=O) groups excluding carboxylic acids is 1. The van der Waals surface area contributed by atoms with Crippen molar-refractivity contribution in [3.8, 4) is 0 Å². The molecule has 2 aromatic rings. The van der Waals surface area contributed by atoms with Gasteiger partial charge in [0.2, 0.25) is 0 Å². The van der Waals surface area contributed by atoms with E-state index < -0.39 is 0 Å². The average Bonchev–Trinajstić information content (AvgIpc) is 3.18. The van der Waals surface area contributed by atoms with Gasteiger partial charge in [-0.15, -0.1) is 6.58 Å². The van der Waals surface area contributed by atoms with E-state index in [-0.39, 0.29) is 5.91 Å². The van der Waals surface area contributed by atoms with Gasteiger partial charge in [0.25, 0.3) is 5.91 Å². The molecular formula is C22H26N2OS. The van der Waals surface area contributed by atoms with Gasteiger partial charge in [-0.05, 0) is 67.8 Å². The lowest BCUT2D eigenvalue weighted by Gasteiger charge is -2.55. The molecule has 0 atom stereocenters. The number of carbonyl (C=O) groups is 1. The first-order valence-corrected chi connectivity index (χ1v) is 10.4. The largest absolute Gasteiger partial charge is 0.305 e. The number of para-hydroxylation sites is 1. The van der Waals surface area contributed by atoms with Crippen LogP contribution in [0.1, 0.15) is 36.0 Å². The summed E-state index contributed by atoms with van der Waals surface area (Å²) in [6.45, 7) is 7.16. The van der Waals surface area contributed by atoms with E-state index in [0.717, 1.165) is 43.7 Å². The van der Waals surface area contributed by atoms with Crippen LogP contribution in [-0.4, -0.2) is 36.5 Å². The fourth-order valence-electron chi connectivity index (χ4n) is 4.53. The molecule has 0 unspecified atom stereocenters. The van der Waals surface area contributed by atoms with E-state index in [0.29, 0.717) is 11.5 Å². The Bertz CT molecular complexity index is 740. The number of likely N-dealkylation sites (tertiary alicyclic amines) is 1. The van der Waals surface area contributed by atoms with Crippen LogP contribution < -0.4 is 4.90 Å². The van der Waals surface area contributed by atoms with E-state index in [1.54, 1.807) is 11.3 Å². The SMILES string of the molecule is C=CCN1CCC2(CC1)CC(N(C(=O)c1ccsc1)c1ccccc1)C2. The molecule has 0 radical (unpaired) electrons. The summed E-state index contributed by atoms with van der Waals surface area (Å²) >= 11 is 1.58. The van der Waals surface area contributed by atoms with Gasteiger partial charge in [-0.1, -0.05) is 24.3 Å². The molecule has 1 saturated carbocycles. The second-order valence-electron chi connectivity index (χ2n) is 7.67. The number of rotatable bonds is 5. The molecular weight excluding hydrogens is 340 g/mol. The number of hydrogen-bond donors (Lipinski definition) is 0. The van der Waals surface area contributed by atoms with Crippen molar-refractivity contribution in [1.29, 1.82) is 0 Å². The van der Waals surface area contributed by atoms with Crippen molar-refractivity contribution in [3.63, 3.8) is 0 Å². The summed E-state index contributed by atoms with van der Waals surface area (Å²) in [5.41, 5.74) is 2.26. The zero-order valence-corrected chi connectivity index (χ0v) is 16.0. The van der Waals surface area contributed by atoms with Crippen molar-refractivity contribution >= 4 is 22.9 Å². The van der Waals surface area contributed by atoms with Crippen molar-refractivity contribution in [2.75, 3.05) is 24.5 Å². The third kappa shape index (κ3) is 3.36. The minimum atomic E-state index is 0.140. The molecule has 0 N–H and O–H groups in total. The van der Waals surface area contributed by atoms with Gasteiger partial charge in [-0.25, -0.2) is 0 Å². The number of amides is 1. The number of benzene rings is 1.